The van der Waals surface area contributed by atoms with Gasteiger partial charge in [0.1, 0.15) is 0 Å². The van der Waals surface area contributed by atoms with Crippen LogP contribution in [0.1, 0.15) is 25.0 Å². The maximum absolute atomic E-state index is 12.3. The first kappa shape index (κ1) is 17.1. The van der Waals surface area contributed by atoms with E-state index < -0.39 is 10.0 Å². The molecular weight excluding hydrogens is 274 g/mol. The van der Waals surface area contributed by atoms with E-state index in [1.54, 1.807) is 12.1 Å². The molecule has 1 rings (SSSR count). The molecule has 1 aromatic rings. The highest BCUT2D eigenvalue weighted by molar-refractivity contribution is 7.89. The zero-order chi connectivity index (χ0) is 15.3. The summed E-state index contributed by atoms with van der Waals surface area (Å²) in [6.45, 7) is 4.72. The summed E-state index contributed by atoms with van der Waals surface area (Å²) in [4.78, 5) is 2.25. The van der Waals surface area contributed by atoms with Crippen molar-refractivity contribution in [2.45, 2.75) is 37.8 Å². The summed E-state index contributed by atoms with van der Waals surface area (Å²) in [6, 6.07) is 5.28. The summed E-state index contributed by atoms with van der Waals surface area (Å²) in [6.07, 6.45) is 0.845. The fourth-order valence-electron chi connectivity index (χ4n) is 1.80. The van der Waals surface area contributed by atoms with Gasteiger partial charge in [-0.3, -0.25) is 0 Å². The van der Waals surface area contributed by atoms with E-state index in [0.29, 0.717) is 13.1 Å². The fraction of sp³-hybridized carbons (Fsp3) is 0.571. The third-order valence-corrected chi connectivity index (χ3v) is 4.96. The van der Waals surface area contributed by atoms with Gasteiger partial charge < -0.3 is 10.6 Å². The Labute approximate surface area is 122 Å². The lowest BCUT2D eigenvalue weighted by atomic mass is 10.1. The zero-order valence-corrected chi connectivity index (χ0v) is 13.5. The monoisotopic (exact) mass is 299 g/mol. The summed E-state index contributed by atoms with van der Waals surface area (Å²) in [5, 5.41) is 0. The van der Waals surface area contributed by atoms with Gasteiger partial charge >= 0.3 is 0 Å². The van der Waals surface area contributed by atoms with E-state index in [2.05, 4.69) is 4.72 Å². The van der Waals surface area contributed by atoms with Gasteiger partial charge in [0, 0.05) is 19.1 Å². The lowest BCUT2D eigenvalue weighted by Crippen LogP contribution is -2.38. The van der Waals surface area contributed by atoms with Crippen molar-refractivity contribution in [1.29, 1.82) is 0 Å². The van der Waals surface area contributed by atoms with Gasteiger partial charge in [0.15, 0.2) is 0 Å². The smallest absolute Gasteiger partial charge is 0.240 e. The number of sulfonamides is 1. The van der Waals surface area contributed by atoms with Gasteiger partial charge in [0.2, 0.25) is 10.0 Å². The average Bonchev–Trinajstić information content (AvgIpc) is 2.43. The van der Waals surface area contributed by atoms with Crippen LogP contribution in [0.2, 0.25) is 0 Å². The lowest BCUT2D eigenvalue weighted by molar-refractivity contribution is 0.314. The van der Waals surface area contributed by atoms with Gasteiger partial charge in [0.25, 0.3) is 0 Å². The van der Waals surface area contributed by atoms with Crippen LogP contribution in [-0.4, -0.2) is 40.0 Å². The van der Waals surface area contributed by atoms with Crippen molar-refractivity contribution < 1.29 is 8.42 Å². The third kappa shape index (κ3) is 4.28. The largest absolute Gasteiger partial charge is 0.326 e. The molecule has 6 heteroatoms. The summed E-state index contributed by atoms with van der Waals surface area (Å²) >= 11 is 0. The molecule has 1 atom stereocenters. The maximum atomic E-state index is 12.3. The molecule has 0 bridgehead atoms. The normalized spacial score (nSPS) is 13.7. The Bertz CT molecular complexity index is 541. The SMILES string of the molecule is CCc1ccc(S(=O)(=O)NCC(C)N(C)C)cc1CN. The molecule has 1 aromatic carbocycles. The Morgan fingerprint density at radius 3 is 2.45 bits per heavy atom. The van der Waals surface area contributed by atoms with E-state index >= 15 is 0 Å². The van der Waals surface area contributed by atoms with Crippen LogP contribution in [0, 0.1) is 0 Å². The molecule has 0 fully saturated rings. The zero-order valence-electron chi connectivity index (χ0n) is 12.7. The van der Waals surface area contributed by atoms with E-state index in [0.717, 1.165) is 17.5 Å². The van der Waals surface area contributed by atoms with Crippen molar-refractivity contribution in [3.05, 3.63) is 29.3 Å². The number of benzene rings is 1. The molecule has 20 heavy (non-hydrogen) atoms. The maximum Gasteiger partial charge on any atom is 0.240 e. The highest BCUT2D eigenvalue weighted by Gasteiger charge is 2.17. The van der Waals surface area contributed by atoms with Crippen LogP contribution >= 0.6 is 0 Å². The number of likely N-dealkylation sites (N-methyl/N-ethyl adjacent to an activating group) is 1. The van der Waals surface area contributed by atoms with Crippen LogP contribution in [0.15, 0.2) is 23.1 Å². The molecule has 0 amide bonds. The summed E-state index contributed by atoms with van der Waals surface area (Å²) in [5.41, 5.74) is 7.65. The van der Waals surface area contributed by atoms with Crippen molar-refractivity contribution in [3.63, 3.8) is 0 Å². The minimum Gasteiger partial charge on any atom is -0.326 e. The topological polar surface area (TPSA) is 75.4 Å². The van der Waals surface area contributed by atoms with Gasteiger partial charge in [0.05, 0.1) is 4.90 Å². The highest BCUT2D eigenvalue weighted by Crippen LogP contribution is 2.16. The van der Waals surface area contributed by atoms with E-state index in [-0.39, 0.29) is 10.9 Å². The first-order valence-corrected chi connectivity index (χ1v) is 8.28. The van der Waals surface area contributed by atoms with Gasteiger partial charge in [-0.25, -0.2) is 13.1 Å². The second kappa shape index (κ2) is 7.17. The van der Waals surface area contributed by atoms with Crippen molar-refractivity contribution in [2.75, 3.05) is 20.6 Å². The molecule has 3 N–H and O–H groups in total. The Morgan fingerprint density at radius 2 is 1.95 bits per heavy atom. The van der Waals surface area contributed by atoms with Gasteiger partial charge in [-0.15, -0.1) is 0 Å². The molecule has 0 aliphatic carbocycles. The molecule has 0 aliphatic heterocycles. The molecule has 0 heterocycles. The third-order valence-electron chi connectivity index (χ3n) is 3.54. The Morgan fingerprint density at radius 1 is 1.30 bits per heavy atom. The second-order valence-corrected chi connectivity index (χ2v) is 6.92. The number of nitrogens with zero attached hydrogens (tertiary/aromatic N) is 1. The molecule has 114 valence electrons. The molecule has 0 radical (unpaired) electrons. The Balaban J connectivity index is 2.93. The predicted octanol–water partition coefficient (Wildman–Crippen LogP) is 0.936. The minimum absolute atomic E-state index is 0.133. The van der Waals surface area contributed by atoms with Crippen LogP contribution in [0.5, 0.6) is 0 Å². The number of hydrogen-bond donors (Lipinski definition) is 2. The van der Waals surface area contributed by atoms with Crippen molar-refractivity contribution >= 4 is 10.0 Å². The van der Waals surface area contributed by atoms with E-state index in [4.69, 9.17) is 5.73 Å². The number of rotatable bonds is 7. The summed E-state index contributed by atoms with van der Waals surface area (Å²) < 4.78 is 27.1. The van der Waals surface area contributed by atoms with Crippen LogP contribution < -0.4 is 10.5 Å². The van der Waals surface area contributed by atoms with E-state index in [1.807, 2.05) is 38.9 Å². The second-order valence-electron chi connectivity index (χ2n) is 5.15. The number of hydrogen-bond acceptors (Lipinski definition) is 4. The first-order chi connectivity index (χ1) is 9.31. The standard InChI is InChI=1S/C14H25N3O2S/c1-5-12-6-7-14(8-13(12)9-15)20(18,19)16-10-11(2)17(3)4/h6-8,11,16H,5,9-10,15H2,1-4H3. The van der Waals surface area contributed by atoms with Crippen molar-refractivity contribution in [3.8, 4) is 0 Å². The average molecular weight is 299 g/mol. The number of aryl methyl sites for hydroxylation is 1. The van der Waals surface area contributed by atoms with Gasteiger partial charge in [-0.05, 0) is 50.7 Å². The lowest BCUT2D eigenvalue weighted by Gasteiger charge is -2.20. The predicted molar refractivity (Wildman–Crippen MR) is 82.0 cm³/mol. The quantitative estimate of drug-likeness (QED) is 0.785. The highest BCUT2D eigenvalue weighted by atomic mass is 32.2. The summed E-state index contributed by atoms with van der Waals surface area (Å²) in [7, 11) is 0.358. The fourth-order valence-corrected chi connectivity index (χ4v) is 2.97. The molecule has 1 unspecified atom stereocenters. The summed E-state index contributed by atoms with van der Waals surface area (Å²) in [5.74, 6) is 0. The van der Waals surface area contributed by atoms with Crippen LogP contribution in [0.4, 0.5) is 0 Å². The Kier molecular flexibility index (Phi) is 6.13. The van der Waals surface area contributed by atoms with Gasteiger partial charge in [-0.1, -0.05) is 13.0 Å². The minimum atomic E-state index is -3.48. The molecule has 0 saturated carbocycles. The number of nitrogens with two attached hydrogens (primary N) is 1. The van der Waals surface area contributed by atoms with Crippen LogP contribution in [0.25, 0.3) is 0 Å². The van der Waals surface area contributed by atoms with E-state index in [1.165, 1.54) is 0 Å². The number of nitrogens with one attached hydrogen (secondary N) is 1. The molecular formula is C14H25N3O2S. The van der Waals surface area contributed by atoms with Crippen LogP contribution in [-0.2, 0) is 23.0 Å². The molecule has 0 aromatic heterocycles. The first-order valence-electron chi connectivity index (χ1n) is 6.79. The molecule has 0 saturated heterocycles. The molecule has 0 aliphatic rings. The van der Waals surface area contributed by atoms with E-state index in [9.17, 15) is 8.42 Å². The van der Waals surface area contributed by atoms with Crippen molar-refractivity contribution in [1.82, 2.24) is 9.62 Å². The van der Waals surface area contributed by atoms with Gasteiger partial charge in [-0.2, -0.15) is 0 Å². The Hall–Kier alpha value is -0.950. The molecule has 0 spiro atoms. The van der Waals surface area contributed by atoms with Crippen molar-refractivity contribution in [2.24, 2.45) is 5.73 Å². The van der Waals surface area contributed by atoms with Crippen LogP contribution in [0.3, 0.4) is 0 Å². The molecule has 5 nitrogen and oxygen atoms in total.